The van der Waals surface area contributed by atoms with E-state index in [0.29, 0.717) is 13.2 Å². The summed E-state index contributed by atoms with van der Waals surface area (Å²) < 4.78 is 12.7. The molecule has 2 aromatic carbocycles. The Morgan fingerprint density at radius 2 is 1.44 bits per heavy atom. The van der Waals surface area contributed by atoms with E-state index in [-0.39, 0.29) is 23.3 Å². The number of rotatable bonds is 6. The third kappa shape index (κ3) is 5.30. The maximum Gasteiger partial charge on any atom is 0.326 e. The van der Waals surface area contributed by atoms with Crippen molar-refractivity contribution in [1.82, 2.24) is 5.32 Å². The second kappa shape index (κ2) is 10.3. The number of hydrogen-bond acceptors (Lipinski definition) is 4. The molecule has 2 amide bonds. The SMILES string of the molecule is CC(C)c1cccc(C(C)C)c1N(C)C(=O)NC1(c2ccc(N3CC=CC3)cc2)OCC(C)(C)CO1. The van der Waals surface area contributed by atoms with Crippen LogP contribution in [0.5, 0.6) is 0 Å². The highest BCUT2D eigenvalue weighted by Crippen LogP contribution is 2.38. The van der Waals surface area contributed by atoms with Gasteiger partial charge in [-0.1, -0.05) is 71.9 Å². The molecule has 6 nitrogen and oxygen atoms in total. The molecule has 194 valence electrons. The zero-order chi connectivity index (χ0) is 26.1. The van der Waals surface area contributed by atoms with E-state index in [9.17, 15) is 4.79 Å². The molecule has 1 saturated heterocycles. The van der Waals surface area contributed by atoms with Crippen LogP contribution >= 0.6 is 0 Å². The first-order chi connectivity index (χ1) is 17.0. The average molecular weight is 492 g/mol. The molecule has 0 saturated carbocycles. The number of nitrogens with one attached hydrogen (secondary N) is 1. The number of carbonyl (C=O) groups excluding carboxylic acids is 1. The Kier molecular flexibility index (Phi) is 7.48. The van der Waals surface area contributed by atoms with Gasteiger partial charge in [-0.15, -0.1) is 0 Å². The fourth-order valence-corrected chi connectivity index (χ4v) is 4.79. The van der Waals surface area contributed by atoms with Crippen molar-refractivity contribution in [3.05, 3.63) is 71.3 Å². The first kappa shape index (κ1) is 26.2. The zero-order valence-electron chi connectivity index (χ0n) is 22.8. The lowest BCUT2D eigenvalue weighted by Gasteiger charge is -2.44. The van der Waals surface area contributed by atoms with Crippen LogP contribution in [-0.4, -0.2) is 39.4 Å². The molecule has 1 N–H and O–H groups in total. The van der Waals surface area contributed by atoms with Crippen LogP contribution in [0.25, 0.3) is 0 Å². The number of para-hydroxylation sites is 1. The number of amides is 2. The summed E-state index contributed by atoms with van der Waals surface area (Å²) in [6.07, 6.45) is 4.34. The molecule has 0 atom stereocenters. The summed E-state index contributed by atoms with van der Waals surface area (Å²) in [6.45, 7) is 15.6. The molecule has 0 aromatic heterocycles. The fraction of sp³-hybridized carbons (Fsp3) is 0.500. The molecule has 36 heavy (non-hydrogen) atoms. The lowest BCUT2D eigenvalue weighted by Crippen LogP contribution is -2.58. The van der Waals surface area contributed by atoms with E-state index in [1.54, 1.807) is 4.90 Å². The lowest BCUT2D eigenvalue weighted by atomic mass is 9.92. The highest BCUT2D eigenvalue weighted by Gasteiger charge is 2.44. The molecule has 6 heteroatoms. The fourth-order valence-electron chi connectivity index (χ4n) is 4.79. The summed E-state index contributed by atoms with van der Waals surface area (Å²) in [5.41, 5.74) is 4.99. The number of ether oxygens (including phenoxy) is 2. The molecule has 0 radical (unpaired) electrons. The van der Waals surface area contributed by atoms with Gasteiger partial charge in [-0.05, 0) is 47.2 Å². The molecular weight excluding hydrogens is 450 g/mol. The molecule has 2 aliphatic rings. The minimum Gasteiger partial charge on any atom is -0.364 e. The van der Waals surface area contributed by atoms with Gasteiger partial charge in [0, 0.05) is 36.8 Å². The normalized spacial score (nSPS) is 18.6. The van der Waals surface area contributed by atoms with Gasteiger partial charge in [-0.3, -0.25) is 10.2 Å². The van der Waals surface area contributed by atoms with Crippen LogP contribution in [0, 0.1) is 5.41 Å². The van der Waals surface area contributed by atoms with Crippen LogP contribution in [0.3, 0.4) is 0 Å². The topological polar surface area (TPSA) is 54.0 Å². The number of urea groups is 1. The van der Waals surface area contributed by atoms with E-state index < -0.39 is 5.91 Å². The third-order valence-electron chi connectivity index (χ3n) is 7.02. The van der Waals surface area contributed by atoms with Crippen molar-refractivity contribution in [3.8, 4) is 0 Å². The molecule has 0 unspecified atom stereocenters. The molecule has 2 heterocycles. The predicted molar refractivity (Wildman–Crippen MR) is 147 cm³/mol. The van der Waals surface area contributed by atoms with E-state index in [0.717, 1.165) is 41.2 Å². The first-order valence-electron chi connectivity index (χ1n) is 13.0. The van der Waals surface area contributed by atoms with Crippen LogP contribution in [0.4, 0.5) is 16.2 Å². The summed E-state index contributed by atoms with van der Waals surface area (Å²) >= 11 is 0. The second-order valence-corrected chi connectivity index (χ2v) is 11.4. The summed E-state index contributed by atoms with van der Waals surface area (Å²) in [4.78, 5) is 17.8. The van der Waals surface area contributed by atoms with Crippen molar-refractivity contribution >= 4 is 17.4 Å². The van der Waals surface area contributed by atoms with E-state index in [4.69, 9.17) is 9.47 Å². The number of nitrogens with zero attached hydrogens (tertiary/aromatic N) is 2. The minimum absolute atomic E-state index is 0.143. The van der Waals surface area contributed by atoms with Gasteiger partial charge >= 0.3 is 6.03 Å². The molecule has 0 bridgehead atoms. The van der Waals surface area contributed by atoms with Crippen molar-refractivity contribution in [3.63, 3.8) is 0 Å². The van der Waals surface area contributed by atoms with E-state index >= 15 is 0 Å². The smallest absolute Gasteiger partial charge is 0.326 e. The monoisotopic (exact) mass is 491 g/mol. The van der Waals surface area contributed by atoms with Gasteiger partial charge in [0.05, 0.1) is 18.9 Å². The van der Waals surface area contributed by atoms with E-state index in [1.807, 2.05) is 19.2 Å². The maximum atomic E-state index is 13.8. The van der Waals surface area contributed by atoms with Gasteiger partial charge < -0.3 is 14.4 Å². The predicted octanol–water partition coefficient (Wildman–Crippen LogP) is 6.34. The Morgan fingerprint density at radius 3 is 1.94 bits per heavy atom. The van der Waals surface area contributed by atoms with Gasteiger partial charge in [-0.25, -0.2) is 4.79 Å². The van der Waals surface area contributed by atoms with Crippen LogP contribution in [-0.2, 0) is 15.4 Å². The third-order valence-corrected chi connectivity index (χ3v) is 7.02. The summed E-state index contributed by atoms with van der Waals surface area (Å²) in [6, 6.07) is 14.1. The van der Waals surface area contributed by atoms with Gasteiger partial charge in [0.15, 0.2) is 0 Å². The zero-order valence-corrected chi connectivity index (χ0v) is 22.8. The largest absolute Gasteiger partial charge is 0.364 e. The molecule has 1 fully saturated rings. The minimum atomic E-state index is -1.35. The number of benzene rings is 2. The van der Waals surface area contributed by atoms with Crippen LogP contribution in [0.1, 0.15) is 70.1 Å². The molecule has 0 aliphatic carbocycles. The van der Waals surface area contributed by atoms with Crippen LogP contribution in [0.2, 0.25) is 0 Å². The van der Waals surface area contributed by atoms with E-state index in [2.05, 4.69) is 94.2 Å². The number of carbonyl (C=O) groups is 1. The number of anilines is 2. The Morgan fingerprint density at radius 1 is 0.917 bits per heavy atom. The summed E-state index contributed by atoms with van der Waals surface area (Å²) in [5, 5.41) is 3.12. The Labute approximate surface area is 216 Å². The van der Waals surface area contributed by atoms with Gasteiger partial charge in [-0.2, -0.15) is 0 Å². The lowest BCUT2D eigenvalue weighted by molar-refractivity contribution is -0.317. The highest BCUT2D eigenvalue weighted by molar-refractivity contribution is 5.94. The number of hydrogen-bond donors (Lipinski definition) is 1. The van der Waals surface area contributed by atoms with Crippen molar-refractivity contribution in [2.75, 3.05) is 43.2 Å². The molecule has 0 spiro atoms. The Bertz CT molecular complexity index is 1060. The molecule has 2 aromatic rings. The van der Waals surface area contributed by atoms with Gasteiger partial charge in [0.1, 0.15) is 0 Å². The molecule has 2 aliphatic heterocycles. The van der Waals surface area contributed by atoms with Gasteiger partial charge in [0.25, 0.3) is 5.91 Å². The molecule has 4 rings (SSSR count). The summed E-state index contributed by atoms with van der Waals surface area (Å²) in [7, 11) is 1.83. The van der Waals surface area contributed by atoms with Crippen molar-refractivity contribution in [2.45, 2.75) is 59.3 Å². The quantitative estimate of drug-likeness (QED) is 0.479. The Balaban J connectivity index is 1.66. The standard InChI is InChI=1S/C30H41N3O3/c1-21(2)25-11-10-12-26(22(3)4)27(25)32(7)28(34)31-30(35-19-29(5,6)20-36-30)23-13-15-24(16-14-23)33-17-8-9-18-33/h8-16,21-22H,17-20H2,1-7H3,(H,31,34). The van der Waals surface area contributed by atoms with Crippen molar-refractivity contribution in [2.24, 2.45) is 5.41 Å². The van der Waals surface area contributed by atoms with Crippen molar-refractivity contribution < 1.29 is 14.3 Å². The van der Waals surface area contributed by atoms with Crippen LogP contribution in [0.15, 0.2) is 54.6 Å². The summed E-state index contributed by atoms with van der Waals surface area (Å²) in [5.74, 6) is -0.801. The molecular formula is C30H41N3O3. The van der Waals surface area contributed by atoms with Crippen LogP contribution < -0.4 is 15.1 Å². The second-order valence-electron chi connectivity index (χ2n) is 11.4. The van der Waals surface area contributed by atoms with E-state index in [1.165, 1.54) is 0 Å². The average Bonchev–Trinajstić information content (AvgIpc) is 3.39. The van der Waals surface area contributed by atoms with Gasteiger partial charge in [0.2, 0.25) is 0 Å². The Hall–Kier alpha value is -2.83. The highest BCUT2D eigenvalue weighted by atomic mass is 16.7. The van der Waals surface area contributed by atoms with Crippen molar-refractivity contribution in [1.29, 1.82) is 0 Å². The first-order valence-corrected chi connectivity index (χ1v) is 13.0. The maximum absolute atomic E-state index is 13.8.